The summed E-state index contributed by atoms with van der Waals surface area (Å²) in [5.41, 5.74) is 2.44. The Balaban J connectivity index is 1.44. The largest absolute Gasteiger partial charge is 0.491 e. The molecule has 1 N–H and O–H groups in total. The van der Waals surface area contributed by atoms with Crippen LogP contribution in [0.4, 0.5) is 5.82 Å². The molecule has 0 radical (unpaired) electrons. The fourth-order valence-corrected chi connectivity index (χ4v) is 3.43. The number of H-pyrrole nitrogens is 1. The number of rotatable bonds is 6. The van der Waals surface area contributed by atoms with Gasteiger partial charge in [-0.2, -0.15) is 10.2 Å². The van der Waals surface area contributed by atoms with Crippen LogP contribution in [-0.4, -0.2) is 61.8 Å². The Morgan fingerprint density at radius 2 is 2.03 bits per heavy atom. The molecule has 10 nitrogen and oxygen atoms in total. The lowest BCUT2D eigenvalue weighted by Crippen LogP contribution is -2.34. The molecule has 3 aromatic heterocycles. The number of fused-ring (bicyclic) bond motifs is 2. The highest BCUT2D eigenvalue weighted by Gasteiger charge is 2.20. The zero-order valence-corrected chi connectivity index (χ0v) is 15.9. The van der Waals surface area contributed by atoms with Crippen molar-refractivity contribution in [1.29, 1.82) is 0 Å². The molecule has 4 aromatic rings. The molecule has 1 aromatic carbocycles. The van der Waals surface area contributed by atoms with Gasteiger partial charge in [0.2, 0.25) is 0 Å². The van der Waals surface area contributed by atoms with Gasteiger partial charge in [-0.25, -0.2) is 19.6 Å². The van der Waals surface area contributed by atoms with Crippen LogP contribution in [0.25, 0.3) is 22.3 Å². The number of hydrogen-bond acceptors (Lipinski definition) is 8. The van der Waals surface area contributed by atoms with Crippen molar-refractivity contribution >= 4 is 16.7 Å². The van der Waals surface area contributed by atoms with Gasteiger partial charge in [0.25, 0.3) is 0 Å². The number of aromatic amines is 1. The second kappa shape index (κ2) is 7.47. The molecular weight excluding hydrogens is 372 g/mol. The number of hydrogen-bond donors (Lipinski definition) is 1. The minimum Gasteiger partial charge on any atom is -0.491 e. The van der Waals surface area contributed by atoms with Crippen molar-refractivity contribution in [1.82, 2.24) is 34.9 Å². The molecule has 1 aliphatic heterocycles. The van der Waals surface area contributed by atoms with Crippen LogP contribution in [0.2, 0.25) is 0 Å². The number of aromatic nitrogens is 7. The molecule has 0 atom stereocenters. The molecule has 0 amide bonds. The second-order valence-electron chi connectivity index (χ2n) is 6.70. The van der Waals surface area contributed by atoms with Gasteiger partial charge in [-0.3, -0.25) is 5.10 Å². The predicted octanol–water partition coefficient (Wildman–Crippen LogP) is 1.66. The fourth-order valence-electron chi connectivity index (χ4n) is 3.43. The molecule has 10 heteroatoms. The normalized spacial score (nSPS) is 13.6. The zero-order valence-electron chi connectivity index (χ0n) is 15.9. The van der Waals surface area contributed by atoms with Crippen molar-refractivity contribution in [2.45, 2.75) is 13.1 Å². The van der Waals surface area contributed by atoms with E-state index in [1.807, 2.05) is 28.9 Å². The van der Waals surface area contributed by atoms with E-state index in [4.69, 9.17) is 9.47 Å². The molecule has 1 aliphatic rings. The van der Waals surface area contributed by atoms with Gasteiger partial charge in [0.05, 0.1) is 30.9 Å². The van der Waals surface area contributed by atoms with Crippen molar-refractivity contribution in [2.75, 3.05) is 31.8 Å². The maximum Gasteiger partial charge on any atom is 0.146 e. The maximum atomic E-state index is 5.74. The van der Waals surface area contributed by atoms with E-state index in [1.165, 1.54) is 0 Å². The van der Waals surface area contributed by atoms with Gasteiger partial charge < -0.3 is 14.4 Å². The van der Waals surface area contributed by atoms with Crippen LogP contribution in [0, 0.1) is 0 Å². The van der Waals surface area contributed by atoms with Crippen LogP contribution in [-0.2, 0) is 17.8 Å². The first-order chi connectivity index (χ1) is 14.3. The van der Waals surface area contributed by atoms with E-state index in [-0.39, 0.29) is 0 Å². The van der Waals surface area contributed by atoms with Gasteiger partial charge in [-0.05, 0) is 18.2 Å². The van der Waals surface area contributed by atoms with Crippen LogP contribution >= 0.6 is 0 Å². The summed E-state index contributed by atoms with van der Waals surface area (Å²) in [6, 6.07) is 7.79. The van der Waals surface area contributed by atoms with Crippen LogP contribution < -0.4 is 9.64 Å². The van der Waals surface area contributed by atoms with E-state index < -0.39 is 0 Å². The van der Waals surface area contributed by atoms with Crippen molar-refractivity contribution in [3.63, 3.8) is 0 Å². The Morgan fingerprint density at radius 3 is 2.97 bits per heavy atom. The summed E-state index contributed by atoms with van der Waals surface area (Å²) in [4.78, 5) is 15.4. The Kier molecular flexibility index (Phi) is 4.53. The van der Waals surface area contributed by atoms with Crippen LogP contribution in [0.15, 0.2) is 36.9 Å². The first-order valence-corrected chi connectivity index (χ1v) is 9.36. The first kappa shape index (κ1) is 17.6. The fraction of sp³-hybridized carbons (Fsp3) is 0.316. The molecule has 5 rings (SSSR count). The SMILES string of the molecule is COCCOc1ccc2[nH]nc(-c3cc(N4CCn5ncnc5C4)ncn3)c2c1. The van der Waals surface area contributed by atoms with Crippen LogP contribution in [0.5, 0.6) is 5.75 Å². The van der Waals surface area contributed by atoms with Crippen LogP contribution in [0.1, 0.15) is 5.82 Å². The molecule has 0 saturated heterocycles. The zero-order chi connectivity index (χ0) is 19.6. The lowest BCUT2D eigenvalue weighted by atomic mass is 10.1. The molecule has 4 heterocycles. The highest BCUT2D eigenvalue weighted by Crippen LogP contribution is 2.30. The Bertz CT molecular complexity index is 1140. The summed E-state index contributed by atoms with van der Waals surface area (Å²) in [5.74, 6) is 2.54. The summed E-state index contributed by atoms with van der Waals surface area (Å²) in [6.45, 7) is 3.28. The average molecular weight is 392 g/mol. The summed E-state index contributed by atoms with van der Waals surface area (Å²) in [5, 5.41) is 12.7. The third kappa shape index (κ3) is 3.38. The van der Waals surface area contributed by atoms with Crippen molar-refractivity contribution in [3.05, 3.63) is 42.7 Å². The molecule has 0 saturated carbocycles. The molecule has 0 fully saturated rings. The highest BCUT2D eigenvalue weighted by molar-refractivity contribution is 5.93. The van der Waals surface area contributed by atoms with E-state index >= 15 is 0 Å². The quantitative estimate of drug-likeness (QED) is 0.494. The number of nitrogens with zero attached hydrogens (tertiary/aromatic N) is 7. The first-order valence-electron chi connectivity index (χ1n) is 9.36. The van der Waals surface area contributed by atoms with E-state index in [0.29, 0.717) is 19.8 Å². The molecule has 0 spiro atoms. The summed E-state index contributed by atoms with van der Waals surface area (Å²) in [7, 11) is 1.65. The summed E-state index contributed by atoms with van der Waals surface area (Å²) < 4.78 is 12.7. The summed E-state index contributed by atoms with van der Waals surface area (Å²) in [6.07, 6.45) is 3.16. The van der Waals surface area contributed by atoms with Gasteiger partial charge in [-0.1, -0.05) is 0 Å². The smallest absolute Gasteiger partial charge is 0.146 e. The van der Waals surface area contributed by atoms with Crippen molar-refractivity contribution in [3.8, 4) is 17.1 Å². The predicted molar refractivity (Wildman–Crippen MR) is 106 cm³/mol. The van der Waals surface area contributed by atoms with E-state index in [0.717, 1.165) is 52.8 Å². The monoisotopic (exact) mass is 392 g/mol. The molecule has 0 bridgehead atoms. The summed E-state index contributed by atoms with van der Waals surface area (Å²) >= 11 is 0. The molecule has 0 unspecified atom stereocenters. The van der Waals surface area contributed by atoms with Crippen molar-refractivity contribution < 1.29 is 9.47 Å². The van der Waals surface area contributed by atoms with Gasteiger partial charge in [0.1, 0.15) is 42.3 Å². The molecular formula is C19H20N8O2. The Morgan fingerprint density at radius 1 is 1.07 bits per heavy atom. The third-order valence-electron chi connectivity index (χ3n) is 4.92. The lowest BCUT2D eigenvalue weighted by molar-refractivity contribution is 0.146. The van der Waals surface area contributed by atoms with Gasteiger partial charge >= 0.3 is 0 Å². The van der Waals surface area contributed by atoms with Gasteiger partial charge in [-0.15, -0.1) is 0 Å². The molecule has 29 heavy (non-hydrogen) atoms. The van der Waals surface area contributed by atoms with E-state index in [2.05, 4.69) is 35.1 Å². The maximum absolute atomic E-state index is 5.74. The lowest BCUT2D eigenvalue weighted by Gasteiger charge is -2.27. The number of nitrogens with one attached hydrogen (secondary N) is 1. The van der Waals surface area contributed by atoms with Gasteiger partial charge in [0.15, 0.2) is 0 Å². The van der Waals surface area contributed by atoms with Crippen LogP contribution in [0.3, 0.4) is 0 Å². The number of ether oxygens (including phenoxy) is 2. The van der Waals surface area contributed by atoms with Crippen molar-refractivity contribution in [2.24, 2.45) is 0 Å². The van der Waals surface area contributed by atoms with E-state index in [9.17, 15) is 0 Å². The number of anilines is 1. The topological polar surface area (TPSA) is 107 Å². The molecule has 148 valence electrons. The highest BCUT2D eigenvalue weighted by atomic mass is 16.5. The average Bonchev–Trinajstić information content (AvgIpc) is 3.40. The Hall–Kier alpha value is -3.53. The second-order valence-corrected chi connectivity index (χ2v) is 6.70. The molecule has 0 aliphatic carbocycles. The third-order valence-corrected chi connectivity index (χ3v) is 4.92. The minimum absolute atomic E-state index is 0.492. The standard InChI is InChI=1S/C19H20N8O2/c1-28-6-7-29-13-2-3-15-14(8-13)19(25-24-15)16-9-17(21-11-20-16)26-4-5-27-18(10-26)22-12-23-27/h2-3,8-9,11-12H,4-7,10H2,1H3,(H,24,25). The number of benzene rings is 1. The van der Waals surface area contributed by atoms with Gasteiger partial charge in [0, 0.05) is 25.1 Å². The minimum atomic E-state index is 0.492. The Labute approximate surface area is 166 Å². The number of methoxy groups -OCH3 is 1. The van der Waals surface area contributed by atoms with E-state index in [1.54, 1.807) is 19.8 Å².